The lowest BCUT2D eigenvalue weighted by Gasteiger charge is -2.31. The molecule has 22 heavy (non-hydrogen) atoms. The van der Waals surface area contributed by atoms with Crippen molar-refractivity contribution >= 4 is 5.96 Å². The van der Waals surface area contributed by atoms with E-state index in [-0.39, 0.29) is 0 Å². The molecule has 0 aromatic heterocycles. The highest BCUT2D eigenvalue weighted by Gasteiger charge is 2.25. The van der Waals surface area contributed by atoms with Gasteiger partial charge in [0.2, 0.25) is 0 Å². The second-order valence-electron chi connectivity index (χ2n) is 6.11. The summed E-state index contributed by atoms with van der Waals surface area (Å²) in [5.41, 5.74) is 7.08. The largest absolute Gasteiger partial charge is 0.345 e. The van der Waals surface area contributed by atoms with E-state index in [0.717, 1.165) is 31.9 Å². The fourth-order valence-electron chi connectivity index (χ4n) is 2.31. The van der Waals surface area contributed by atoms with Gasteiger partial charge in [0.15, 0.2) is 5.96 Å². The third kappa shape index (κ3) is 4.86. The smallest absolute Gasteiger partial charge is 0.199 e. The summed E-state index contributed by atoms with van der Waals surface area (Å²) in [7, 11) is 6.13. The average molecular weight is 301 g/mol. The molecule has 0 saturated carbocycles. The summed E-state index contributed by atoms with van der Waals surface area (Å²) in [5, 5.41) is 3.20. The van der Waals surface area contributed by atoms with Crippen molar-refractivity contribution < 1.29 is 0 Å². The first kappa shape index (κ1) is 16.5. The summed E-state index contributed by atoms with van der Waals surface area (Å²) in [6.07, 6.45) is 5.62. The van der Waals surface area contributed by atoms with Crippen molar-refractivity contribution in [2.24, 2.45) is 10.7 Å². The van der Waals surface area contributed by atoms with Crippen LogP contribution >= 0.6 is 0 Å². The van der Waals surface area contributed by atoms with Crippen molar-refractivity contribution in [2.45, 2.75) is 18.5 Å². The van der Waals surface area contributed by atoms with Gasteiger partial charge in [0.05, 0.1) is 0 Å². The van der Waals surface area contributed by atoms with Crippen molar-refractivity contribution in [3.05, 3.63) is 48.2 Å². The average Bonchev–Trinajstić information content (AvgIpc) is 2.52. The van der Waals surface area contributed by atoms with Crippen LogP contribution in [0.5, 0.6) is 0 Å². The molecule has 1 unspecified atom stereocenters. The Hall–Kier alpha value is -1.85. The Morgan fingerprint density at radius 1 is 1.14 bits per heavy atom. The minimum absolute atomic E-state index is 0.619. The first-order chi connectivity index (χ1) is 10.5. The molecule has 0 fully saturated rings. The molecule has 1 aliphatic heterocycles. The fraction of sp³-hybridized carbons (Fsp3) is 0.471. The number of hydrogen-bond donors (Lipinski definition) is 2. The Bertz CT molecular complexity index is 523. The molecule has 0 amide bonds. The van der Waals surface area contributed by atoms with E-state index in [0.29, 0.717) is 0 Å². The van der Waals surface area contributed by atoms with Gasteiger partial charge in [0.1, 0.15) is 5.66 Å². The molecule has 3 N–H and O–H groups in total. The Morgan fingerprint density at radius 3 is 2.55 bits per heavy atom. The predicted molar refractivity (Wildman–Crippen MR) is 92.6 cm³/mol. The lowest BCUT2D eigenvalue weighted by Crippen LogP contribution is -2.48. The zero-order valence-corrected chi connectivity index (χ0v) is 13.8. The third-order valence-electron chi connectivity index (χ3n) is 3.80. The molecule has 1 aromatic carbocycles. The van der Waals surface area contributed by atoms with Crippen molar-refractivity contribution in [2.75, 3.05) is 34.2 Å². The van der Waals surface area contributed by atoms with E-state index in [1.807, 2.05) is 39.5 Å². The molecule has 0 radical (unpaired) electrons. The normalized spacial score (nSPS) is 20.7. The molecule has 0 bridgehead atoms. The standard InChI is InChI=1S/C17H27N5/c1-21(2)14-11-17(18)10-12-19-16(20-17)22(3)13-9-15-7-5-4-6-8-15/h4-8,10,12H,9,11,13-14,18H2,1-3H3,(H,19,20). The Labute approximate surface area is 133 Å². The van der Waals surface area contributed by atoms with E-state index >= 15 is 0 Å². The summed E-state index contributed by atoms with van der Waals surface area (Å²) in [5.74, 6) is 0.833. The van der Waals surface area contributed by atoms with Crippen LogP contribution in [0.1, 0.15) is 12.0 Å². The third-order valence-corrected chi connectivity index (χ3v) is 3.80. The Kier molecular flexibility index (Phi) is 5.57. The van der Waals surface area contributed by atoms with Crippen LogP contribution < -0.4 is 11.1 Å². The van der Waals surface area contributed by atoms with Gasteiger partial charge in [-0.3, -0.25) is 0 Å². The molecule has 1 heterocycles. The first-order valence-corrected chi connectivity index (χ1v) is 7.71. The number of likely N-dealkylation sites (N-methyl/N-ethyl adjacent to an activating group) is 1. The number of rotatable bonds is 6. The van der Waals surface area contributed by atoms with Crippen LogP contribution in [0.15, 0.2) is 47.6 Å². The zero-order valence-electron chi connectivity index (χ0n) is 13.8. The van der Waals surface area contributed by atoms with Crippen LogP contribution in [-0.4, -0.2) is 55.7 Å². The van der Waals surface area contributed by atoms with E-state index in [4.69, 9.17) is 10.7 Å². The molecular formula is C17H27N5. The summed E-state index contributed by atoms with van der Waals surface area (Å²) in [4.78, 5) is 8.94. The van der Waals surface area contributed by atoms with Crippen LogP contribution in [0.2, 0.25) is 0 Å². The van der Waals surface area contributed by atoms with Crippen LogP contribution in [0.25, 0.3) is 0 Å². The molecule has 1 aliphatic rings. The van der Waals surface area contributed by atoms with Crippen molar-refractivity contribution in [3.8, 4) is 0 Å². The number of hydrogen-bond acceptors (Lipinski definition) is 5. The Balaban J connectivity index is 1.94. The lowest BCUT2D eigenvalue weighted by molar-refractivity contribution is 0.348. The second-order valence-corrected chi connectivity index (χ2v) is 6.11. The molecular weight excluding hydrogens is 274 g/mol. The molecule has 120 valence electrons. The number of nitrogens with one attached hydrogen (secondary N) is 1. The highest BCUT2D eigenvalue weighted by molar-refractivity contribution is 5.82. The van der Waals surface area contributed by atoms with Gasteiger partial charge in [-0.1, -0.05) is 30.3 Å². The molecule has 5 heteroatoms. The van der Waals surface area contributed by atoms with Crippen molar-refractivity contribution in [3.63, 3.8) is 0 Å². The van der Waals surface area contributed by atoms with Gasteiger partial charge in [-0.2, -0.15) is 0 Å². The maximum atomic E-state index is 6.38. The van der Waals surface area contributed by atoms with Gasteiger partial charge in [0, 0.05) is 32.8 Å². The van der Waals surface area contributed by atoms with Gasteiger partial charge < -0.3 is 20.9 Å². The summed E-state index contributed by atoms with van der Waals surface area (Å²) >= 11 is 0. The number of guanidine groups is 1. The van der Waals surface area contributed by atoms with Gasteiger partial charge in [-0.05, 0) is 32.2 Å². The monoisotopic (exact) mass is 301 g/mol. The van der Waals surface area contributed by atoms with E-state index in [1.165, 1.54) is 5.56 Å². The summed E-state index contributed by atoms with van der Waals surface area (Å²) < 4.78 is 0. The minimum Gasteiger partial charge on any atom is -0.345 e. The lowest BCUT2D eigenvalue weighted by atomic mass is 10.1. The molecule has 5 nitrogen and oxygen atoms in total. The van der Waals surface area contributed by atoms with E-state index in [9.17, 15) is 0 Å². The van der Waals surface area contributed by atoms with Crippen molar-refractivity contribution in [1.29, 1.82) is 0 Å². The zero-order chi connectivity index (χ0) is 16.0. The van der Waals surface area contributed by atoms with Crippen LogP contribution in [0, 0.1) is 0 Å². The van der Waals surface area contributed by atoms with E-state index in [1.54, 1.807) is 0 Å². The highest BCUT2D eigenvalue weighted by Crippen LogP contribution is 2.15. The summed E-state index contributed by atoms with van der Waals surface area (Å²) in [6.45, 7) is 1.80. The molecule has 1 aromatic rings. The highest BCUT2D eigenvalue weighted by atomic mass is 15.3. The maximum absolute atomic E-state index is 6.38. The van der Waals surface area contributed by atoms with Gasteiger partial charge in [0.25, 0.3) is 0 Å². The predicted octanol–water partition coefficient (Wildman–Crippen LogP) is 1.24. The number of benzene rings is 1. The topological polar surface area (TPSA) is 56.9 Å². The van der Waals surface area contributed by atoms with Crippen LogP contribution in [0.4, 0.5) is 0 Å². The van der Waals surface area contributed by atoms with Crippen LogP contribution in [0.3, 0.4) is 0 Å². The van der Waals surface area contributed by atoms with Gasteiger partial charge in [-0.15, -0.1) is 0 Å². The van der Waals surface area contributed by atoms with Gasteiger partial charge in [-0.25, -0.2) is 4.99 Å². The maximum Gasteiger partial charge on any atom is 0.199 e. The minimum atomic E-state index is -0.619. The quantitative estimate of drug-likeness (QED) is 0.830. The van der Waals surface area contributed by atoms with Gasteiger partial charge >= 0.3 is 0 Å². The van der Waals surface area contributed by atoms with E-state index in [2.05, 4.69) is 39.4 Å². The number of nitrogens with zero attached hydrogens (tertiary/aromatic N) is 3. The Morgan fingerprint density at radius 2 is 1.86 bits per heavy atom. The molecule has 0 spiro atoms. The number of nitrogens with two attached hydrogens (primary N) is 1. The SMILES string of the molecule is CN(C)CCC1(N)C=CNC(N(C)CCc2ccccc2)=N1. The first-order valence-electron chi connectivity index (χ1n) is 7.71. The molecule has 1 atom stereocenters. The fourth-order valence-corrected chi connectivity index (χ4v) is 2.31. The summed E-state index contributed by atoms with van der Waals surface area (Å²) in [6, 6.07) is 10.5. The number of aliphatic imine (C=N–C) groups is 1. The molecule has 0 aliphatic carbocycles. The van der Waals surface area contributed by atoms with Crippen LogP contribution in [-0.2, 0) is 6.42 Å². The van der Waals surface area contributed by atoms with Crippen molar-refractivity contribution in [1.82, 2.24) is 15.1 Å². The van der Waals surface area contributed by atoms with E-state index < -0.39 is 5.66 Å². The molecule has 2 rings (SSSR count). The second kappa shape index (κ2) is 7.42. The molecule has 0 saturated heterocycles.